The molecule has 0 radical (unpaired) electrons. The van der Waals surface area contributed by atoms with E-state index in [9.17, 15) is 0 Å². The molecule has 0 unspecified atom stereocenters. The lowest BCUT2D eigenvalue weighted by atomic mass is 10.2. The Balaban J connectivity index is 1.83. The second kappa shape index (κ2) is 6.17. The van der Waals surface area contributed by atoms with E-state index in [0.717, 1.165) is 18.1 Å². The third-order valence-corrected chi connectivity index (χ3v) is 4.76. The summed E-state index contributed by atoms with van der Waals surface area (Å²) in [7, 11) is 1.95. The number of hydrogen-bond donors (Lipinski definition) is 1. The fourth-order valence-corrected chi connectivity index (χ4v) is 3.48. The monoisotopic (exact) mass is 306 g/mol. The molecule has 4 heteroatoms. The summed E-state index contributed by atoms with van der Waals surface area (Å²) in [6.07, 6.45) is 2.56. The maximum atomic E-state index is 6.51. The van der Waals surface area contributed by atoms with Crippen LogP contribution in [0.3, 0.4) is 0 Å². The lowest BCUT2D eigenvalue weighted by Crippen LogP contribution is -2.24. The van der Waals surface area contributed by atoms with Crippen LogP contribution in [0.15, 0.2) is 35.7 Å². The highest BCUT2D eigenvalue weighted by atomic mass is 35.5. The highest BCUT2D eigenvalue weighted by Gasteiger charge is 2.30. The number of anilines is 1. The van der Waals surface area contributed by atoms with Gasteiger partial charge in [0, 0.05) is 17.5 Å². The zero-order valence-electron chi connectivity index (χ0n) is 11.6. The molecule has 1 aliphatic carbocycles. The Morgan fingerprint density at radius 1 is 1.35 bits per heavy atom. The molecule has 0 atom stereocenters. The van der Waals surface area contributed by atoms with Crippen LogP contribution in [0.25, 0.3) is 0 Å². The van der Waals surface area contributed by atoms with Gasteiger partial charge in [-0.05, 0) is 49.0 Å². The number of hydrogen-bond acceptors (Lipinski definition) is 3. The first-order valence-corrected chi connectivity index (χ1v) is 8.25. The van der Waals surface area contributed by atoms with E-state index in [2.05, 4.69) is 45.9 Å². The van der Waals surface area contributed by atoms with Crippen molar-refractivity contribution >= 4 is 28.6 Å². The van der Waals surface area contributed by atoms with Crippen LogP contribution in [-0.4, -0.2) is 13.1 Å². The summed E-state index contributed by atoms with van der Waals surface area (Å²) in [5.74, 6) is 0. The van der Waals surface area contributed by atoms with Crippen LogP contribution in [-0.2, 0) is 13.1 Å². The van der Waals surface area contributed by atoms with Gasteiger partial charge in [-0.1, -0.05) is 23.7 Å². The minimum Gasteiger partial charge on any atom is -0.362 e. The van der Waals surface area contributed by atoms with Crippen molar-refractivity contribution in [3.05, 3.63) is 51.2 Å². The molecule has 1 heterocycles. The Morgan fingerprint density at radius 3 is 2.80 bits per heavy atom. The van der Waals surface area contributed by atoms with Crippen LogP contribution < -0.4 is 10.2 Å². The highest BCUT2D eigenvalue weighted by molar-refractivity contribution is 7.09. The summed E-state index contributed by atoms with van der Waals surface area (Å²) in [6.45, 7) is 1.82. The van der Waals surface area contributed by atoms with Crippen molar-refractivity contribution in [2.75, 3.05) is 11.9 Å². The second-order valence-corrected chi connectivity index (χ2v) is 6.69. The molecule has 0 aliphatic heterocycles. The van der Waals surface area contributed by atoms with Crippen molar-refractivity contribution in [1.82, 2.24) is 5.32 Å². The molecule has 1 fully saturated rings. The van der Waals surface area contributed by atoms with Crippen LogP contribution in [0.2, 0.25) is 5.02 Å². The van der Waals surface area contributed by atoms with Gasteiger partial charge in [0.05, 0.1) is 17.3 Å². The van der Waals surface area contributed by atoms with Gasteiger partial charge in [-0.2, -0.15) is 0 Å². The SMILES string of the molecule is CNCc1ccc(N(Cc2cccs2)C2CC2)c(Cl)c1. The van der Waals surface area contributed by atoms with Crippen molar-refractivity contribution in [2.45, 2.75) is 32.0 Å². The fraction of sp³-hybridized carbons (Fsp3) is 0.375. The van der Waals surface area contributed by atoms with Gasteiger partial charge in [0.25, 0.3) is 0 Å². The van der Waals surface area contributed by atoms with Gasteiger partial charge in [0.15, 0.2) is 0 Å². The number of halogens is 1. The summed E-state index contributed by atoms with van der Waals surface area (Å²) >= 11 is 8.32. The van der Waals surface area contributed by atoms with Gasteiger partial charge in [0.1, 0.15) is 0 Å². The van der Waals surface area contributed by atoms with Crippen molar-refractivity contribution in [1.29, 1.82) is 0 Å². The molecular weight excluding hydrogens is 288 g/mol. The first-order valence-electron chi connectivity index (χ1n) is 7.00. The predicted molar refractivity (Wildman–Crippen MR) is 87.7 cm³/mol. The van der Waals surface area contributed by atoms with E-state index in [-0.39, 0.29) is 0 Å². The third kappa shape index (κ3) is 3.17. The molecule has 1 aromatic heterocycles. The summed E-state index contributed by atoms with van der Waals surface area (Å²) in [5, 5.41) is 6.16. The zero-order chi connectivity index (χ0) is 13.9. The molecule has 2 aromatic rings. The molecule has 0 bridgehead atoms. The molecule has 0 amide bonds. The van der Waals surface area contributed by atoms with Crippen molar-refractivity contribution < 1.29 is 0 Å². The van der Waals surface area contributed by atoms with E-state index in [1.807, 2.05) is 18.4 Å². The Bertz CT molecular complexity index is 564. The van der Waals surface area contributed by atoms with Gasteiger partial charge in [-0.3, -0.25) is 0 Å². The lowest BCUT2D eigenvalue weighted by molar-refractivity contribution is 0.798. The quantitative estimate of drug-likeness (QED) is 0.856. The summed E-state index contributed by atoms with van der Waals surface area (Å²) < 4.78 is 0. The van der Waals surface area contributed by atoms with Gasteiger partial charge in [-0.15, -0.1) is 11.3 Å². The number of nitrogens with one attached hydrogen (secondary N) is 1. The molecule has 0 saturated heterocycles. The van der Waals surface area contributed by atoms with E-state index in [1.54, 1.807) is 0 Å². The van der Waals surface area contributed by atoms with Crippen LogP contribution in [0.1, 0.15) is 23.3 Å². The summed E-state index contributed by atoms with van der Waals surface area (Å²) in [5.41, 5.74) is 2.40. The molecule has 1 aliphatic rings. The number of benzene rings is 1. The Labute approximate surface area is 129 Å². The average Bonchev–Trinajstić information content (AvgIpc) is 3.15. The van der Waals surface area contributed by atoms with E-state index in [4.69, 9.17) is 11.6 Å². The fourth-order valence-electron chi connectivity index (χ4n) is 2.47. The lowest BCUT2D eigenvalue weighted by Gasteiger charge is -2.25. The van der Waals surface area contributed by atoms with Gasteiger partial charge in [0.2, 0.25) is 0 Å². The highest BCUT2D eigenvalue weighted by Crippen LogP contribution is 2.37. The Morgan fingerprint density at radius 2 is 2.20 bits per heavy atom. The molecule has 1 N–H and O–H groups in total. The van der Waals surface area contributed by atoms with E-state index >= 15 is 0 Å². The van der Waals surface area contributed by atoms with Crippen molar-refractivity contribution in [3.63, 3.8) is 0 Å². The Kier molecular flexibility index (Phi) is 4.29. The average molecular weight is 307 g/mol. The van der Waals surface area contributed by atoms with E-state index < -0.39 is 0 Å². The molecule has 3 rings (SSSR count). The zero-order valence-corrected chi connectivity index (χ0v) is 13.2. The van der Waals surface area contributed by atoms with E-state index in [0.29, 0.717) is 6.04 Å². The van der Waals surface area contributed by atoms with Crippen LogP contribution in [0.4, 0.5) is 5.69 Å². The van der Waals surface area contributed by atoms with Crippen molar-refractivity contribution in [2.24, 2.45) is 0 Å². The largest absolute Gasteiger partial charge is 0.362 e. The summed E-state index contributed by atoms with van der Waals surface area (Å²) in [6, 6.07) is 11.4. The minimum absolute atomic E-state index is 0.657. The number of thiophene rings is 1. The van der Waals surface area contributed by atoms with Crippen LogP contribution >= 0.6 is 22.9 Å². The molecule has 1 aromatic carbocycles. The van der Waals surface area contributed by atoms with Crippen LogP contribution in [0.5, 0.6) is 0 Å². The smallest absolute Gasteiger partial charge is 0.0643 e. The minimum atomic E-state index is 0.657. The van der Waals surface area contributed by atoms with Gasteiger partial charge < -0.3 is 10.2 Å². The maximum Gasteiger partial charge on any atom is 0.0643 e. The third-order valence-electron chi connectivity index (χ3n) is 3.60. The van der Waals surface area contributed by atoms with Crippen LogP contribution in [0, 0.1) is 0 Å². The van der Waals surface area contributed by atoms with Gasteiger partial charge in [-0.25, -0.2) is 0 Å². The van der Waals surface area contributed by atoms with E-state index in [1.165, 1.54) is 29.0 Å². The number of nitrogens with zero attached hydrogens (tertiary/aromatic N) is 1. The molecule has 0 spiro atoms. The maximum absolute atomic E-state index is 6.51. The number of rotatable bonds is 6. The Hall–Kier alpha value is -1.03. The van der Waals surface area contributed by atoms with Gasteiger partial charge >= 0.3 is 0 Å². The molecule has 20 heavy (non-hydrogen) atoms. The second-order valence-electron chi connectivity index (χ2n) is 5.25. The first-order chi connectivity index (χ1) is 9.78. The standard InChI is InChI=1S/C16H19ClN2S/c1-18-10-12-4-7-16(15(17)9-12)19(13-5-6-13)11-14-3-2-8-20-14/h2-4,7-9,13,18H,5-6,10-11H2,1H3. The molecule has 2 nitrogen and oxygen atoms in total. The van der Waals surface area contributed by atoms with Crippen molar-refractivity contribution in [3.8, 4) is 0 Å². The topological polar surface area (TPSA) is 15.3 Å². The molecule has 1 saturated carbocycles. The molecule has 106 valence electrons. The molecular formula is C16H19ClN2S. The normalized spacial score (nSPS) is 14.5. The first kappa shape index (κ1) is 13.9. The predicted octanol–water partition coefficient (Wildman–Crippen LogP) is 4.29. The summed E-state index contributed by atoms with van der Waals surface area (Å²) in [4.78, 5) is 3.85.